The van der Waals surface area contributed by atoms with Crippen molar-refractivity contribution in [1.29, 1.82) is 0 Å². The van der Waals surface area contributed by atoms with E-state index in [2.05, 4.69) is 53.4 Å². The number of hydrogen-bond acceptors (Lipinski definition) is 5. The number of nitrogens with zero attached hydrogens (tertiary/aromatic N) is 1. The number of nitrogens with two attached hydrogens (primary N) is 1. The number of carbonyl (C=O) groups excluding carboxylic acids is 1. The second-order valence-electron chi connectivity index (χ2n) is 6.33. The zero-order valence-corrected chi connectivity index (χ0v) is 16.0. The topological polar surface area (TPSA) is 81.3 Å². The molecule has 3 rings (SSSR count). The van der Waals surface area contributed by atoms with E-state index in [1.165, 1.54) is 18.5 Å². The van der Waals surface area contributed by atoms with Crippen LogP contribution in [0.2, 0.25) is 0 Å². The molecule has 0 saturated heterocycles. The highest BCUT2D eigenvalue weighted by Gasteiger charge is 2.17. The molecule has 0 amide bonds. The summed E-state index contributed by atoms with van der Waals surface area (Å²) in [6, 6.07) is 16.1. The van der Waals surface area contributed by atoms with Gasteiger partial charge in [0.25, 0.3) is 0 Å². The van der Waals surface area contributed by atoms with Crippen molar-refractivity contribution in [3.63, 3.8) is 0 Å². The minimum Gasteiger partial charge on any atom is -0.465 e. The van der Waals surface area contributed by atoms with Crippen LogP contribution in [0.15, 0.2) is 48.5 Å². The average molecular weight is 364 g/mol. The number of anilines is 2. The Hall–Kier alpha value is -3.25. The van der Waals surface area contributed by atoms with E-state index in [1.54, 1.807) is 13.1 Å². The van der Waals surface area contributed by atoms with E-state index < -0.39 is 5.97 Å². The fourth-order valence-electron chi connectivity index (χ4n) is 3.34. The monoisotopic (exact) mass is 364 g/mol. The molecule has 0 spiro atoms. The van der Waals surface area contributed by atoms with Gasteiger partial charge in [-0.05, 0) is 61.4 Å². The van der Waals surface area contributed by atoms with Gasteiger partial charge in [0.1, 0.15) is 0 Å². The van der Waals surface area contributed by atoms with Crippen molar-refractivity contribution >= 4 is 17.3 Å². The third-order valence-electron chi connectivity index (χ3n) is 4.68. The van der Waals surface area contributed by atoms with Crippen LogP contribution in [0.5, 0.6) is 0 Å². The average Bonchev–Trinajstić information content (AvgIpc) is 3.04. The number of methoxy groups -OCH3 is 1. The molecule has 0 atom stereocenters. The molecule has 0 fully saturated rings. The summed E-state index contributed by atoms with van der Waals surface area (Å²) in [6.07, 6.45) is 0. The van der Waals surface area contributed by atoms with Crippen LogP contribution in [0, 0.1) is 13.8 Å². The minimum absolute atomic E-state index is 0.423. The predicted molar refractivity (Wildman–Crippen MR) is 109 cm³/mol. The van der Waals surface area contributed by atoms with E-state index in [0.29, 0.717) is 16.9 Å². The van der Waals surface area contributed by atoms with Gasteiger partial charge < -0.3 is 20.0 Å². The lowest BCUT2D eigenvalue weighted by molar-refractivity contribution is 0.0602. The van der Waals surface area contributed by atoms with Crippen LogP contribution in [0.25, 0.3) is 16.8 Å². The van der Waals surface area contributed by atoms with E-state index in [0.717, 1.165) is 16.8 Å². The van der Waals surface area contributed by atoms with Crippen LogP contribution in [0.4, 0.5) is 11.4 Å². The molecule has 2 aromatic carbocycles. The van der Waals surface area contributed by atoms with Gasteiger partial charge >= 0.3 is 5.97 Å². The number of aromatic nitrogens is 1. The van der Waals surface area contributed by atoms with Crippen molar-refractivity contribution in [2.24, 2.45) is 5.84 Å². The van der Waals surface area contributed by atoms with Crippen molar-refractivity contribution < 1.29 is 9.53 Å². The summed E-state index contributed by atoms with van der Waals surface area (Å²) in [4.78, 5) is 12.2. The highest BCUT2D eigenvalue weighted by atomic mass is 16.5. The first kappa shape index (κ1) is 18.5. The number of ether oxygens (including phenoxy) is 1. The Morgan fingerprint density at radius 1 is 1.00 bits per heavy atom. The van der Waals surface area contributed by atoms with Gasteiger partial charge in [0, 0.05) is 24.1 Å². The Morgan fingerprint density at radius 3 is 2.15 bits per heavy atom. The fraction of sp³-hybridized carbons (Fsp3) is 0.190. The van der Waals surface area contributed by atoms with Gasteiger partial charge in [0.15, 0.2) is 0 Å². The molecule has 0 aliphatic heterocycles. The molecule has 0 aliphatic carbocycles. The highest BCUT2D eigenvalue weighted by Crippen LogP contribution is 2.33. The summed E-state index contributed by atoms with van der Waals surface area (Å²) in [7, 11) is 3.10. The number of rotatable bonds is 5. The summed E-state index contributed by atoms with van der Waals surface area (Å²) in [5.74, 6) is 5.24. The van der Waals surface area contributed by atoms with E-state index in [1.807, 2.05) is 18.2 Å². The predicted octanol–water partition coefficient (Wildman–Crippen LogP) is 3.88. The van der Waals surface area contributed by atoms with Crippen molar-refractivity contribution in [3.8, 4) is 16.8 Å². The van der Waals surface area contributed by atoms with Crippen molar-refractivity contribution in [3.05, 3.63) is 65.5 Å². The lowest BCUT2D eigenvalue weighted by Crippen LogP contribution is -2.13. The molecule has 1 heterocycles. The summed E-state index contributed by atoms with van der Waals surface area (Å²) >= 11 is 0. The molecular formula is C21H24N4O2. The SMILES string of the molecule is CNc1c(NN)cc(-c2ccc(-n3c(C)ccc3C)cc2)cc1C(=O)OC. The molecule has 1 aromatic heterocycles. The smallest absolute Gasteiger partial charge is 0.340 e. The zero-order chi connectivity index (χ0) is 19.6. The van der Waals surface area contributed by atoms with E-state index >= 15 is 0 Å². The second-order valence-corrected chi connectivity index (χ2v) is 6.33. The second kappa shape index (κ2) is 7.55. The minimum atomic E-state index is -0.423. The quantitative estimate of drug-likeness (QED) is 0.364. The lowest BCUT2D eigenvalue weighted by atomic mass is 10.00. The first-order valence-corrected chi connectivity index (χ1v) is 8.66. The van der Waals surface area contributed by atoms with Gasteiger partial charge in [-0.2, -0.15) is 0 Å². The van der Waals surface area contributed by atoms with E-state index in [9.17, 15) is 4.79 Å². The Kier molecular flexibility index (Phi) is 5.19. The third-order valence-corrected chi connectivity index (χ3v) is 4.68. The number of nitrogen functional groups attached to an aromatic ring is 1. The van der Waals surface area contributed by atoms with Gasteiger partial charge in [0.2, 0.25) is 0 Å². The van der Waals surface area contributed by atoms with Gasteiger partial charge in [-0.15, -0.1) is 0 Å². The van der Waals surface area contributed by atoms with Crippen LogP contribution in [-0.4, -0.2) is 24.7 Å². The molecule has 0 unspecified atom stereocenters. The van der Waals surface area contributed by atoms with Crippen LogP contribution in [-0.2, 0) is 4.74 Å². The van der Waals surface area contributed by atoms with E-state index in [-0.39, 0.29) is 0 Å². The Labute approximate surface area is 158 Å². The molecule has 27 heavy (non-hydrogen) atoms. The number of hydrazine groups is 1. The number of hydrogen-bond donors (Lipinski definition) is 3. The number of carbonyl (C=O) groups is 1. The molecule has 0 bridgehead atoms. The third kappa shape index (κ3) is 3.39. The van der Waals surface area contributed by atoms with Gasteiger partial charge in [0.05, 0.1) is 24.0 Å². The lowest BCUT2D eigenvalue weighted by Gasteiger charge is -2.16. The first-order valence-electron chi connectivity index (χ1n) is 8.66. The molecular weight excluding hydrogens is 340 g/mol. The molecule has 6 heteroatoms. The highest BCUT2D eigenvalue weighted by molar-refractivity contribution is 6.01. The van der Waals surface area contributed by atoms with Crippen LogP contribution >= 0.6 is 0 Å². The standard InChI is InChI=1S/C21H24N4O2/c1-13-5-6-14(2)25(13)17-9-7-15(8-10-17)16-11-18(21(26)27-4)20(23-3)19(12-16)24-22/h5-12,23-24H,22H2,1-4H3. The number of benzene rings is 2. The summed E-state index contributed by atoms with van der Waals surface area (Å²) in [6.45, 7) is 4.17. The van der Waals surface area contributed by atoms with E-state index in [4.69, 9.17) is 10.6 Å². The molecule has 6 nitrogen and oxygen atoms in total. The molecule has 0 radical (unpaired) electrons. The van der Waals surface area contributed by atoms with Gasteiger partial charge in [-0.25, -0.2) is 4.79 Å². The van der Waals surface area contributed by atoms with Gasteiger partial charge in [-0.1, -0.05) is 12.1 Å². The number of esters is 1. The maximum atomic E-state index is 12.2. The van der Waals surface area contributed by atoms with Crippen LogP contribution in [0.1, 0.15) is 21.7 Å². The zero-order valence-electron chi connectivity index (χ0n) is 16.0. The number of aryl methyl sites for hydroxylation is 2. The Bertz CT molecular complexity index is 955. The maximum absolute atomic E-state index is 12.2. The van der Waals surface area contributed by atoms with Gasteiger partial charge in [-0.3, -0.25) is 5.84 Å². The number of nitrogens with one attached hydrogen (secondary N) is 2. The summed E-state index contributed by atoms with van der Waals surface area (Å²) in [5, 5.41) is 3.00. The Morgan fingerprint density at radius 2 is 1.63 bits per heavy atom. The van der Waals surface area contributed by atoms with Crippen molar-refractivity contribution in [1.82, 2.24) is 4.57 Å². The Balaban J connectivity index is 2.07. The summed E-state index contributed by atoms with van der Waals surface area (Å²) < 4.78 is 7.11. The van der Waals surface area contributed by atoms with Crippen LogP contribution in [0.3, 0.4) is 0 Å². The van der Waals surface area contributed by atoms with Crippen LogP contribution < -0.4 is 16.6 Å². The fourth-order valence-corrected chi connectivity index (χ4v) is 3.34. The molecule has 3 aromatic rings. The normalized spacial score (nSPS) is 10.6. The first-order chi connectivity index (χ1) is 13.0. The molecule has 0 saturated carbocycles. The molecule has 4 N–H and O–H groups in total. The van der Waals surface area contributed by atoms with Crippen molar-refractivity contribution in [2.75, 3.05) is 24.9 Å². The molecule has 0 aliphatic rings. The largest absolute Gasteiger partial charge is 0.465 e. The maximum Gasteiger partial charge on any atom is 0.340 e. The summed E-state index contributed by atoms with van der Waals surface area (Å²) in [5.41, 5.74) is 9.60. The van der Waals surface area contributed by atoms with Crippen molar-refractivity contribution in [2.45, 2.75) is 13.8 Å². The molecule has 140 valence electrons.